The first-order valence-electron chi connectivity index (χ1n) is 6.07. The molecule has 1 aromatic carbocycles. The summed E-state index contributed by atoms with van der Waals surface area (Å²) in [5.74, 6) is 0.742. The quantitative estimate of drug-likeness (QED) is 0.850. The van der Waals surface area contributed by atoms with Crippen molar-refractivity contribution in [3.05, 3.63) is 47.5 Å². The zero-order valence-electron chi connectivity index (χ0n) is 11.4. The molecule has 0 radical (unpaired) electrons. The molecule has 0 fully saturated rings. The van der Waals surface area contributed by atoms with E-state index in [4.69, 9.17) is 5.73 Å². The lowest BCUT2D eigenvalue weighted by Crippen LogP contribution is -2.28. The molecule has 2 aromatic rings. The molecule has 1 heterocycles. The highest BCUT2D eigenvalue weighted by Crippen LogP contribution is 2.18. The molecular formula is C14H18N4O. The zero-order valence-corrected chi connectivity index (χ0v) is 11.4. The second kappa shape index (κ2) is 5.14. The van der Waals surface area contributed by atoms with Crippen molar-refractivity contribution in [1.29, 1.82) is 0 Å². The summed E-state index contributed by atoms with van der Waals surface area (Å²) in [6.45, 7) is 2.35. The van der Waals surface area contributed by atoms with Gasteiger partial charge in [0.05, 0.1) is 12.1 Å². The molecule has 0 saturated carbocycles. The average Bonchev–Trinajstić information content (AvgIpc) is 2.77. The van der Waals surface area contributed by atoms with Crippen LogP contribution < -0.4 is 5.73 Å². The second-order valence-corrected chi connectivity index (χ2v) is 4.65. The molecule has 0 bridgehead atoms. The molecule has 2 N–H and O–H groups in total. The van der Waals surface area contributed by atoms with E-state index >= 15 is 0 Å². The van der Waals surface area contributed by atoms with Gasteiger partial charge in [-0.15, -0.1) is 0 Å². The van der Waals surface area contributed by atoms with Crippen LogP contribution in [0.3, 0.4) is 0 Å². The zero-order chi connectivity index (χ0) is 14.0. The average molecular weight is 258 g/mol. The summed E-state index contributed by atoms with van der Waals surface area (Å²) < 4.78 is 1.89. The number of nitrogen functional groups attached to an aromatic ring is 1. The SMILES string of the molecule is Cc1cccc(C(=O)N(C)Cc2nccn2C)c1N. The number of hydrogen-bond donors (Lipinski definition) is 1. The van der Waals surface area contributed by atoms with Crippen LogP contribution in [0.2, 0.25) is 0 Å². The summed E-state index contributed by atoms with van der Waals surface area (Å²) >= 11 is 0. The van der Waals surface area contributed by atoms with Crippen molar-refractivity contribution in [1.82, 2.24) is 14.5 Å². The number of nitrogens with zero attached hydrogens (tertiary/aromatic N) is 3. The number of anilines is 1. The van der Waals surface area contributed by atoms with Crippen molar-refractivity contribution >= 4 is 11.6 Å². The first kappa shape index (κ1) is 13.1. The Bertz CT molecular complexity index is 603. The number of carbonyl (C=O) groups is 1. The molecule has 1 amide bonds. The Morgan fingerprint density at radius 1 is 1.47 bits per heavy atom. The molecule has 19 heavy (non-hydrogen) atoms. The molecule has 100 valence electrons. The maximum Gasteiger partial charge on any atom is 0.256 e. The fourth-order valence-corrected chi connectivity index (χ4v) is 1.91. The molecule has 0 saturated heterocycles. The normalized spacial score (nSPS) is 10.5. The van der Waals surface area contributed by atoms with Crippen LogP contribution in [0.4, 0.5) is 5.69 Å². The molecular weight excluding hydrogens is 240 g/mol. The van der Waals surface area contributed by atoms with E-state index in [1.807, 2.05) is 36.9 Å². The summed E-state index contributed by atoms with van der Waals surface area (Å²) in [6.07, 6.45) is 3.57. The standard InChI is InChI=1S/C14H18N4O/c1-10-5-4-6-11(13(10)15)14(19)18(3)9-12-16-7-8-17(12)2/h4-8H,9,15H2,1-3H3. The monoisotopic (exact) mass is 258 g/mol. The number of para-hydroxylation sites is 1. The summed E-state index contributed by atoms with van der Waals surface area (Å²) in [4.78, 5) is 18.2. The van der Waals surface area contributed by atoms with Crippen molar-refractivity contribution in [3.8, 4) is 0 Å². The fraction of sp³-hybridized carbons (Fsp3) is 0.286. The lowest BCUT2D eigenvalue weighted by atomic mass is 10.1. The number of aryl methyl sites for hydroxylation is 2. The predicted octanol–water partition coefficient (Wildman–Crippen LogP) is 1.58. The highest BCUT2D eigenvalue weighted by Gasteiger charge is 2.16. The van der Waals surface area contributed by atoms with E-state index in [0.29, 0.717) is 17.8 Å². The molecule has 0 aliphatic heterocycles. The van der Waals surface area contributed by atoms with Crippen LogP contribution in [0.1, 0.15) is 21.7 Å². The lowest BCUT2D eigenvalue weighted by Gasteiger charge is -2.18. The molecule has 0 aliphatic rings. The maximum absolute atomic E-state index is 12.4. The molecule has 0 unspecified atom stereocenters. The van der Waals surface area contributed by atoms with E-state index in [9.17, 15) is 4.79 Å². The first-order chi connectivity index (χ1) is 9.00. The molecule has 0 spiro atoms. The van der Waals surface area contributed by atoms with Crippen LogP contribution in [0, 0.1) is 6.92 Å². The van der Waals surface area contributed by atoms with Crippen LogP contribution in [0.5, 0.6) is 0 Å². The number of benzene rings is 1. The van der Waals surface area contributed by atoms with Crippen molar-refractivity contribution < 1.29 is 4.79 Å². The van der Waals surface area contributed by atoms with Crippen LogP contribution in [-0.4, -0.2) is 27.4 Å². The minimum Gasteiger partial charge on any atom is -0.398 e. The number of nitrogens with two attached hydrogens (primary N) is 1. The third-order valence-electron chi connectivity index (χ3n) is 3.20. The van der Waals surface area contributed by atoms with E-state index in [2.05, 4.69) is 4.98 Å². The molecule has 0 aliphatic carbocycles. The van der Waals surface area contributed by atoms with Gasteiger partial charge >= 0.3 is 0 Å². The van der Waals surface area contributed by atoms with Crippen LogP contribution >= 0.6 is 0 Å². The summed E-state index contributed by atoms with van der Waals surface area (Å²) in [5, 5.41) is 0. The van der Waals surface area contributed by atoms with Gasteiger partial charge in [-0.1, -0.05) is 12.1 Å². The van der Waals surface area contributed by atoms with E-state index in [1.165, 1.54) is 0 Å². The third-order valence-corrected chi connectivity index (χ3v) is 3.20. The van der Waals surface area contributed by atoms with Gasteiger partial charge in [-0.3, -0.25) is 4.79 Å². The largest absolute Gasteiger partial charge is 0.398 e. The highest BCUT2D eigenvalue weighted by molar-refractivity contribution is 5.99. The number of imidazole rings is 1. The van der Waals surface area contributed by atoms with E-state index in [1.54, 1.807) is 24.2 Å². The second-order valence-electron chi connectivity index (χ2n) is 4.65. The number of carbonyl (C=O) groups excluding carboxylic acids is 1. The summed E-state index contributed by atoms with van der Waals surface area (Å²) in [7, 11) is 3.65. The van der Waals surface area contributed by atoms with Gasteiger partial charge in [-0.25, -0.2) is 4.98 Å². The maximum atomic E-state index is 12.4. The molecule has 2 rings (SSSR count). The highest BCUT2D eigenvalue weighted by atomic mass is 16.2. The van der Waals surface area contributed by atoms with E-state index in [0.717, 1.165) is 11.4 Å². The number of amides is 1. The van der Waals surface area contributed by atoms with Crippen LogP contribution in [0.15, 0.2) is 30.6 Å². The summed E-state index contributed by atoms with van der Waals surface area (Å²) in [6, 6.07) is 5.48. The Kier molecular flexibility index (Phi) is 3.55. The van der Waals surface area contributed by atoms with Gasteiger partial charge in [0, 0.05) is 32.2 Å². The van der Waals surface area contributed by atoms with Gasteiger partial charge in [0.15, 0.2) is 0 Å². The van der Waals surface area contributed by atoms with Gasteiger partial charge in [0.2, 0.25) is 0 Å². The van der Waals surface area contributed by atoms with Crippen molar-refractivity contribution in [2.75, 3.05) is 12.8 Å². The Balaban J connectivity index is 2.20. The Morgan fingerprint density at radius 2 is 2.21 bits per heavy atom. The minimum absolute atomic E-state index is 0.0933. The molecule has 5 heteroatoms. The van der Waals surface area contributed by atoms with Crippen molar-refractivity contribution in [2.45, 2.75) is 13.5 Å². The smallest absolute Gasteiger partial charge is 0.256 e. The summed E-state index contributed by atoms with van der Waals surface area (Å²) in [5.41, 5.74) is 7.95. The third kappa shape index (κ3) is 2.59. The van der Waals surface area contributed by atoms with E-state index in [-0.39, 0.29) is 5.91 Å². The molecule has 0 atom stereocenters. The number of hydrogen-bond acceptors (Lipinski definition) is 3. The number of aromatic nitrogens is 2. The van der Waals surface area contributed by atoms with Gasteiger partial charge < -0.3 is 15.2 Å². The van der Waals surface area contributed by atoms with Crippen LogP contribution in [-0.2, 0) is 13.6 Å². The fourth-order valence-electron chi connectivity index (χ4n) is 1.91. The van der Waals surface area contributed by atoms with Gasteiger partial charge in [-0.05, 0) is 18.6 Å². The number of rotatable bonds is 3. The van der Waals surface area contributed by atoms with Crippen molar-refractivity contribution in [3.63, 3.8) is 0 Å². The van der Waals surface area contributed by atoms with Gasteiger partial charge in [0.1, 0.15) is 5.82 Å². The minimum atomic E-state index is -0.0933. The Morgan fingerprint density at radius 3 is 2.84 bits per heavy atom. The van der Waals surface area contributed by atoms with Crippen molar-refractivity contribution in [2.24, 2.45) is 7.05 Å². The first-order valence-corrected chi connectivity index (χ1v) is 6.07. The lowest BCUT2D eigenvalue weighted by molar-refractivity contribution is 0.0781. The Labute approximate surface area is 112 Å². The van der Waals surface area contributed by atoms with Gasteiger partial charge in [0.25, 0.3) is 5.91 Å². The molecule has 1 aromatic heterocycles. The predicted molar refractivity (Wildman–Crippen MR) is 74.6 cm³/mol. The molecule has 5 nitrogen and oxygen atoms in total. The van der Waals surface area contributed by atoms with Crippen LogP contribution in [0.25, 0.3) is 0 Å². The van der Waals surface area contributed by atoms with E-state index < -0.39 is 0 Å². The Hall–Kier alpha value is -2.30. The van der Waals surface area contributed by atoms with Gasteiger partial charge in [-0.2, -0.15) is 0 Å². The topological polar surface area (TPSA) is 64.2 Å².